The average Bonchev–Trinajstić information content (AvgIpc) is 3.78. The van der Waals surface area contributed by atoms with Crippen LogP contribution < -0.4 is 4.74 Å². The molecule has 0 N–H and O–H groups in total. The van der Waals surface area contributed by atoms with Crippen molar-refractivity contribution < 1.29 is 13.6 Å². The SMILES string of the molecule is CC1(C)c2ccccc2Oc2cc(-c3ccc4oc5cc(-c6nc(-c7ccccc7)nc(-c7ccc8c(c7)oc7ccccc78)n6)ccc5c4c3)ccc21. The molecule has 4 heterocycles. The minimum absolute atomic E-state index is 0.158. The lowest BCUT2D eigenvalue weighted by Crippen LogP contribution is -2.24. The molecule has 1 aliphatic rings. The van der Waals surface area contributed by atoms with Gasteiger partial charge in [-0.3, -0.25) is 0 Å². The molecule has 54 heavy (non-hydrogen) atoms. The first-order valence-corrected chi connectivity index (χ1v) is 18.1. The average molecular weight is 698 g/mol. The number of fused-ring (bicyclic) bond motifs is 8. The molecule has 0 spiro atoms. The fourth-order valence-corrected chi connectivity index (χ4v) is 7.95. The van der Waals surface area contributed by atoms with Crippen LogP contribution in [0.5, 0.6) is 11.5 Å². The zero-order chi connectivity index (χ0) is 36.0. The number of ether oxygens (including phenoxy) is 1. The molecule has 0 bridgehead atoms. The Bertz CT molecular complexity index is 3120. The number of rotatable bonds is 4. The van der Waals surface area contributed by atoms with Gasteiger partial charge in [-0.25, -0.2) is 15.0 Å². The van der Waals surface area contributed by atoms with Crippen LogP contribution in [0.1, 0.15) is 25.0 Å². The molecule has 0 saturated carbocycles. The monoisotopic (exact) mass is 697 g/mol. The Labute approximate surface area is 310 Å². The normalized spacial score (nSPS) is 13.3. The van der Waals surface area contributed by atoms with E-state index in [1.807, 2.05) is 84.9 Å². The fourth-order valence-electron chi connectivity index (χ4n) is 7.95. The van der Waals surface area contributed by atoms with Crippen molar-refractivity contribution in [3.05, 3.63) is 163 Å². The van der Waals surface area contributed by atoms with E-state index in [9.17, 15) is 0 Å². The standard InChI is InChI=1S/C48H31N3O3/c1-48(2)37-13-7-9-15-41(37)54-44-25-30(18-22-38(44)48)29-19-23-40-36(24-29)35-21-17-32(27-43(35)53-40)47-50-45(28-10-4-3-5-11-28)49-46(51-47)31-16-20-34-33-12-6-8-14-39(33)52-42(34)26-31/h3-27H,1-2H3. The first kappa shape index (κ1) is 30.6. The van der Waals surface area contributed by atoms with Crippen molar-refractivity contribution in [1.29, 1.82) is 0 Å². The molecule has 0 amide bonds. The molecule has 7 aromatic carbocycles. The van der Waals surface area contributed by atoms with Crippen LogP contribution >= 0.6 is 0 Å². The summed E-state index contributed by atoms with van der Waals surface area (Å²) in [6.45, 7) is 4.51. The number of furan rings is 2. The van der Waals surface area contributed by atoms with E-state index in [1.54, 1.807) is 0 Å². The van der Waals surface area contributed by atoms with E-state index in [4.69, 9.17) is 28.5 Å². The molecule has 0 fully saturated rings. The molecule has 0 aliphatic carbocycles. The number of aromatic nitrogens is 3. The van der Waals surface area contributed by atoms with Gasteiger partial charge in [-0.15, -0.1) is 0 Å². The first-order valence-electron chi connectivity index (χ1n) is 18.1. The number of benzene rings is 7. The Balaban J connectivity index is 0.993. The van der Waals surface area contributed by atoms with Crippen LogP contribution in [0, 0.1) is 0 Å². The molecule has 6 heteroatoms. The second-order valence-electron chi connectivity index (χ2n) is 14.4. The van der Waals surface area contributed by atoms with Gasteiger partial charge >= 0.3 is 0 Å². The van der Waals surface area contributed by atoms with Crippen LogP contribution in [-0.4, -0.2) is 15.0 Å². The second-order valence-corrected chi connectivity index (χ2v) is 14.4. The molecule has 3 aromatic heterocycles. The quantitative estimate of drug-likeness (QED) is 0.182. The molecule has 0 unspecified atom stereocenters. The molecule has 6 nitrogen and oxygen atoms in total. The zero-order valence-corrected chi connectivity index (χ0v) is 29.5. The summed E-state index contributed by atoms with van der Waals surface area (Å²) < 4.78 is 19.1. The number of hydrogen-bond acceptors (Lipinski definition) is 6. The largest absolute Gasteiger partial charge is 0.457 e. The van der Waals surface area contributed by atoms with E-state index in [1.165, 1.54) is 11.1 Å². The van der Waals surface area contributed by atoms with Crippen molar-refractivity contribution in [3.63, 3.8) is 0 Å². The van der Waals surface area contributed by atoms with E-state index < -0.39 is 0 Å². The fraction of sp³-hybridized carbons (Fsp3) is 0.0625. The van der Waals surface area contributed by atoms with Gasteiger partial charge in [0.1, 0.15) is 33.8 Å². The lowest BCUT2D eigenvalue weighted by Gasteiger charge is -2.34. The summed E-state index contributed by atoms with van der Waals surface area (Å²) in [4.78, 5) is 14.9. The molecular formula is C48H31N3O3. The highest BCUT2D eigenvalue weighted by Gasteiger charge is 2.34. The first-order chi connectivity index (χ1) is 26.5. The Morgan fingerprint density at radius 3 is 1.67 bits per heavy atom. The van der Waals surface area contributed by atoms with Crippen molar-refractivity contribution in [3.8, 4) is 56.8 Å². The molecular weight excluding hydrogens is 667 g/mol. The number of hydrogen-bond donors (Lipinski definition) is 0. The minimum atomic E-state index is -0.158. The zero-order valence-electron chi connectivity index (χ0n) is 29.5. The van der Waals surface area contributed by atoms with Gasteiger partial charge in [0, 0.05) is 54.8 Å². The van der Waals surface area contributed by atoms with Crippen LogP contribution in [0.4, 0.5) is 0 Å². The van der Waals surface area contributed by atoms with Gasteiger partial charge in [0.2, 0.25) is 0 Å². The lowest BCUT2D eigenvalue weighted by atomic mass is 9.75. The Morgan fingerprint density at radius 1 is 0.370 bits per heavy atom. The number of para-hydroxylation sites is 2. The smallest absolute Gasteiger partial charge is 0.164 e. The van der Waals surface area contributed by atoms with Gasteiger partial charge in [-0.1, -0.05) is 111 Å². The number of nitrogens with zero attached hydrogens (tertiary/aromatic N) is 3. The van der Waals surface area contributed by atoms with Crippen LogP contribution in [0.2, 0.25) is 0 Å². The summed E-state index contributed by atoms with van der Waals surface area (Å²) in [5, 5.41) is 4.20. The van der Waals surface area contributed by atoms with E-state index in [2.05, 4.69) is 80.6 Å². The van der Waals surface area contributed by atoms with Crippen LogP contribution in [0.15, 0.2) is 160 Å². The van der Waals surface area contributed by atoms with E-state index >= 15 is 0 Å². The highest BCUT2D eigenvalue weighted by Crippen LogP contribution is 2.49. The van der Waals surface area contributed by atoms with Crippen LogP contribution in [-0.2, 0) is 5.41 Å². The molecule has 0 atom stereocenters. The second kappa shape index (κ2) is 11.5. The molecule has 11 rings (SSSR count). The third kappa shape index (κ3) is 4.77. The van der Waals surface area contributed by atoms with Crippen molar-refractivity contribution in [2.45, 2.75) is 19.3 Å². The predicted octanol–water partition coefficient (Wildman–Crippen LogP) is 12.8. The van der Waals surface area contributed by atoms with Gasteiger partial charge in [0.05, 0.1) is 0 Å². The Morgan fingerprint density at radius 2 is 0.907 bits per heavy atom. The van der Waals surface area contributed by atoms with E-state index in [-0.39, 0.29) is 5.41 Å². The van der Waals surface area contributed by atoms with E-state index in [0.29, 0.717) is 17.5 Å². The molecule has 256 valence electrons. The van der Waals surface area contributed by atoms with Gasteiger partial charge < -0.3 is 13.6 Å². The summed E-state index contributed by atoms with van der Waals surface area (Å²) in [6, 6.07) is 51.6. The molecule has 10 aromatic rings. The highest BCUT2D eigenvalue weighted by molar-refractivity contribution is 6.07. The van der Waals surface area contributed by atoms with Crippen molar-refractivity contribution in [2.75, 3.05) is 0 Å². The highest BCUT2D eigenvalue weighted by atomic mass is 16.5. The minimum Gasteiger partial charge on any atom is -0.457 e. The lowest BCUT2D eigenvalue weighted by molar-refractivity contribution is 0.418. The summed E-state index contributed by atoms with van der Waals surface area (Å²) in [5.74, 6) is 3.52. The maximum Gasteiger partial charge on any atom is 0.164 e. The Hall–Kier alpha value is -7.05. The summed E-state index contributed by atoms with van der Waals surface area (Å²) in [6.07, 6.45) is 0. The summed E-state index contributed by atoms with van der Waals surface area (Å²) in [5.41, 5.74) is 10.2. The molecule has 0 saturated heterocycles. The Kier molecular flexibility index (Phi) is 6.49. The predicted molar refractivity (Wildman–Crippen MR) is 215 cm³/mol. The topological polar surface area (TPSA) is 74.2 Å². The summed E-state index contributed by atoms with van der Waals surface area (Å²) >= 11 is 0. The molecule has 0 radical (unpaired) electrons. The third-order valence-corrected chi connectivity index (χ3v) is 10.8. The van der Waals surface area contributed by atoms with Gasteiger partial charge in [0.15, 0.2) is 17.5 Å². The van der Waals surface area contributed by atoms with Gasteiger partial charge in [0.25, 0.3) is 0 Å². The van der Waals surface area contributed by atoms with Gasteiger partial charge in [-0.2, -0.15) is 0 Å². The van der Waals surface area contributed by atoms with Crippen LogP contribution in [0.3, 0.4) is 0 Å². The summed E-state index contributed by atoms with van der Waals surface area (Å²) in [7, 11) is 0. The van der Waals surface area contributed by atoms with Crippen molar-refractivity contribution in [2.24, 2.45) is 0 Å². The van der Waals surface area contributed by atoms with Crippen LogP contribution in [0.25, 0.3) is 89.2 Å². The van der Waals surface area contributed by atoms with Crippen molar-refractivity contribution >= 4 is 43.9 Å². The maximum absolute atomic E-state index is 6.46. The van der Waals surface area contributed by atoms with E-state index in [0.717, 1.165) is 83.2 Å². The maximum atomic E-state index is 6.46. The third-order valence-electron chi connectivity index (χ3n) is 10.8. The molecule has 1 aliphatic heterocycles. The van der Waals surface area contributed by atoms with Crippen molar-refractivity contribution in [1.82, 2.24) is 15.0 Å². The van der Waals surface area contributed by atoms with Gasteiger partial charge in [-0.05, 0) is 65.7 Å².